The quantitative estimate of drug-likeness (QED) is 0.854. The Hall–Kier alpha value is -0.260. The summed E-state index contributed by atoms with van der Waals surface area (Å²) >= 11 is 3.10. The SMILES string of the molecule is Cc1cc(O)c(Br)cc1CS(=O)(=O)Cl. The molecule has 0 saturated heterocycles. The van der Waals surface area contributed by atoms with Crippen LogP contribution in [0.2, 0.25) is 0 Å². The zero-order chi connectivity index (χ0) is 10.9. The third-order valence-electron chi connectivity index (χ3n) is 1.73. The molecular weight excluding hydrogens is 292 g/mol. The summed E-state index contributed by atoms with van der Waals surface area (Å²) in [5, 5.41) is 9.29. The van der Waals surface area contributed by atoms with Gasteiger partial charge in [-0.25, -0.2) is 8.42 Å². The van der Waals surface area contributed by atoms with Gasteiger partial charge in [-0.3, -0.25) is 0 Å². The van der Waals surface area contributed by atoms with Crippen molar-refractivity contribution >= 4 is 35.7 Å². The number of phenols is 1. The van der Waals surface area contributed by atoms with Gasteiger partial charge in [-0.05, 0) is 46.1 Å². The van der Waals surface area contributed by atoms with Gasteiger partial charge in [0.15, 0.2) is 0 Å². The highest BCUT2D eigenvalue weighted by Gasteiger charge is 2.11. The Kier molecular flexibility index (Phi) is 3.44. The maximum atomic E-state index is 10.8. The van der Waals surface area contributed by atoms with Crippen LogP contribution < -0.4 is 0 Å². The predicted octanol–water partition coefficient (Wildman–Crippen LogP) is 2.53. The van der Waals surface area contributed by atoms with Crippen molar-refractivity contribution in [2.45, 2.75) is 12.7 Å². The zero-order valence-corrected chi connectivity index (χ0v) is 10.4. The van der Waals surface area contributed by atoms with Crippen LogP contribution in [0.5, 0.6) is 5.75 Å². The Morgan fingerprint density at radius 3 is 2.57 bits per heavy atom. The van der Waals surface area contributed by atoms with E-state index in [1.54, 1.807) is 13.0 Å². The average Bonchev–Trinajstić information content (AvgIpc) is 1.97. The minimum Gasteiger partial charge on any atom is -0.507 e. The molecule has 0 heterocycles. The molecule has 6 heteroatoms. The van der Waals surface area contributed by atoms with Gasteiger partial charge in [-0.15, -0.1) is 0 Å². The molecule has 0 aliphatic carbocycles. The van der Waals surface area contributed by atoms with Crippen molar-refractivity contribution < 1.29 is 13.5 Å². The minimum atomic E-state index is -3.56. The number of phenolic OH excluding ortho intramolecular Hbond substituents is 1. The van der Waals surface area contributed by atoms with Crippen molar-refractivity contribution in [2.24, 2.45) is 0 Å². The molecule has 1 aromatic carbocycles. The second-order valence-corrected chi connectivity index (χ2v) is 6.54. The van der Waals surface area contributed by atoms with Crippen LogP contribution in [0.4, 0.5) is 0 Å². The Labute approximate surface area is 95.3 Å². The molecule has 0 fully saturated rings. The van der Waals surface area contributed by atoms with E-state index in [0.717, 1.165) is 0 Å². The van der Waals surface area contributed by atoms with Crippen molar-refractivity contribution in [3.8, 4) is 5.75 Å². The second-order valence-electron chi connectivity index (χ2n) is 2.91. The third-order valence-corrected chi connectivity index (χ3v) is 3.35. The molecule has 0 amide bonds. The molecule has 0 aliphatic rings. The monoisotopic (exact) mass is 298 g/mol. The molecule has 0 atom stereocenters. The summed E-state index contributed by atoms with van der Waals surface area (Å²) in [5.74, 6) is -0.155. The first kappa shape index (κ1) is 11.8. The summed E-state index contributed by atoms with van der Waals surface area (Å²) < 4.78 is 22.1. The second kappa shape index (κ2) is 4.08. The maximum absolute atomic E-state index is 10.8. The Morgan fingerprint density at radius 1 is 1.50 bits per heavy atom. The topological polar surface area (TPSA) is 54.4 Å². The van der Waals surface area contributed by atoms with Gasteiger partial charge >= 0.3 is 0 Å². The van der Waals surface area contributed by atoms with Gasteiger partial charge in [0.2, 0.25) is 9.05 Å². The van der Waals surface area contributed by atoms with E-state index in [-0.39, 0.29) is 11.5 Å². The van der Waals surface area contributed by atoms with Gasteiger partial charge in [-0.1, -0.05) is 0 Å². The highest BCUT2D eigenvalue weighted by Crippen LogP contribution is 2.28. The van der Waals surface area contributed by atoms with Gasteiger partial charge in [0.1, 0.15) is 5.75 Å². The fraction of sp³-hybridized carbons (Fsp3) is 0.250. The lowest BCUT2D eigenvalue weighted by atomic mass is 10.1. The highest BCUT2D eigenvalue weighted by atomic mass is 79.9. The smallest absolute Gasteiger partial charge is 0.236 e. The lowest BCUT2D eigenvalue weighted by Gasteiger charge is -2.05. The van der Waals surface area contributed by atoms with E-state index in [4.69, 9.17) is 10.7 Å². The molecule has 1 rings (SSSR count). The Morgan fingerprint density at radius 2 is 2.07 bits per heavy atom. The molecule has 78 valence electrons. The summed E-state index contributed by atoms with van der Waals surface area (Å²) in [4.78, 5) is 0. The van der Waals surface area contributed by atoms with E-state index in [2.05, 4.69) is 15.9 Å². The average molecular weight is 300 g/mol. The number of rotatable bonds is 2. The highest BCUT2D eigenvalue weighted by molar-refractivity contribution is 9.10. The van der Waals surface area contributed by atoms with Gasteiger partial charge < -0.3 is 5.11 Å². The lowest BCUT2D eigenvalue weighted by Crippen LogP contribution is -1.97. The fourth-order valence-electron chi connectivity index (χ4n) is 1.05. The minimum absolute atomic E-state index is 0.0817. The van der Waals surface area contributed by atoms with E-state index < -0.39 is 9.05 Å². The molecule has 1 aromatic rings. The van der Waals surface area contributed by atoms with Crippen LogP contribution in [0.25, 0.3) is 0 Å². The van der Waals surface area contributed by atoms with Crippen molar-refractivity contribution in [3.05, 3.63) is 27.7 Å². The van der Waals surface area contributed by atoms with Crippen molar-refractivity contribution in [1.82, 2.24) is 0 Å². The largest absolute Gasteiger partial charge is 0.507 e. The number of hydrogen-bond donors (Lipinski definition) is 1. The zero-order valence-electron chi connectivity index (χ0n) is 7.29. The standard InChI is InChI=1S/C8H8BrClO3S/c1-5-2-8(11)7(9)3-6(5)4-14(10,12)13/h2-3,11H,4H2,1H3. The number of aromatic hydroxyl groups is 1. The molecule has 0 aromatic heterocycles. The number of hydrogen-bond acceptors (Lipinski definition) is 3. The molecule has 0 aliphatic heterocycles. The van der Waals surface area contributed by atoms with Crippen molar-refractivity contribution in [3.63, 3.8) is 0 Å². The van der Waals surface area contributed by atoms with Crippen LogP contribution in [-0.2, 0) is 14.8 Å². The third kappa shape index (κ3) is 3.15. The Bertz CT molecular complexity index is 456. The molecule has 0 unspecified atom stereocenters. The molecule has 0 radical (unpaired) electrons. The van der Waals surface area contributed by atoms with Crippen LogP contribution in [-0.4, -0.2) is 13.5 Å². The first-order valence-electron chi connectivity index (χ1n) is 3.70. The lowest BCUT2D eigenvalue weighted by molar-refractivity contribution is 0.471. The van der Waals surface area contributed by atoms with Crippen molar-refractivity contribution in [1.29, 1.82) is 0 Å². The van der Waals surface area contributed by atoms with E-state index in [1.807, 2.05) is 0 Å². The summed E-state index contributed by atoms with van der Waals surface area (Å²) in [7, 11) is 1.57. The predicted molar refractivity (Wildman–Crippen MR) is 59.0 cm³/mol. The van der Waals surface area contributed by atoms with Crippen LogP contribution in [0, 0.1) is 6.92 Å². The molecule has 0 saturated carbocycles. The molecular formula is C8H8BrClO3S. The Balaban J connectivity index is 3.17. The first-order valence-corrected chi connectivity index (χ1v) is 6.97. The number of aryl methyl sites for hydroxylation is 1. The summed E-state index contributed by atoms with van der Waals surface area (Å²) in [6.45, 7) is 1.71. The first-order chi connectivity index (χ1) is 6.29. The molecule has 0 spiro atoms. The number of benzene rings is 1. The van der Waals surface area contributed by atoms with Crippen LogP contribution in [0.3, 0.4) is 0 Å². The van der Waals surface area contributed by atoms with Gasteiger partial charge in [0, 0.05) is 10.7 Å². The molecule has 0 bridgehead atoms. The van der Waals surface area contributed by atoms with Crippen LogP contribution >= 0.6 is 26.6 Å². The fourth-order valence-corrected chi connectivity index (χ4v) is 2.47. The normalized spacial score (nSPS) is 11.6. The summed E-state index contributed by atoms with van der Waals surface area (Å²) in [6, 6.07) is 3.03. The van der Waals surface area contributed by atoms with Gasteiger partial charge in [0.05, 0.1) is 10.2 Å². The van der Waals surface area contributed by atoms with Crippen molar-refractivity contribution in [2.75, 3.05) is 0 Å². The van der Waals surface area contributed by atoms with Gasteiger partial charge in [-0.2, -0.15) is 0 Å². The maximum Gasteiger partial charge on any atom is 0.236 e. The van der Waals surface area contributed by atoms with Crippen LogP contribution in [0.1, 0.15) is 11.1 Å². The molecule has 1 N–H and O–H groups in total. The summed E-state index contributed by atoms with van der Waals surface area (Å²) in [6.07, 6.45) is 0. The number of halogens is 2. The molecule has 14 heavy (non-hydrogen) atoms. The van der Waals surface area contributed by atoms with E-state index >= 15 is 0 Å². The van der Waals surface area contributed by atoms with E-state index in [9.17, 15) is 13.5 Å². The van der Waals surface area contributed by atoms with E-state index in [0.29, 0.717) is 15.6 Å². The van der Waals surface area contributed by atoms with Gasteiger partial charge in [0.25, 0.3) is 0 Å². The molecule has 3 nitrogen and oxygen atoms in total. The van der Waals surface area contributed by atoms with E-state index in [1.165, 1.54) is 6.07 Å². The van der Waals surface area contributed by atoms with Crippen LogP contribution in [0.15, 0.2) is 16.6 Å². The summed E-state index contributed by atoms with van der Waals surface area (Å²) in [5.41, 5.74) is 1.26.